The van der Waals surface area contributed by atoms with Gasteiger partial charge in [-0.3, -0.25) is 29.1 Å². The number of aromatic nitrogens is 8. The van der Waals surface area contributed by atoms with Crippen LogP contribution < -0.4 is 22.5 Å². The molecule has 0 amide bonds. The molecule has 2 aromatic carbocycles. The summed E-state index contributed by atoms with van der Waals surface area (Å²) in [6.45, 7) is 8.71. The van der Waals surface area contributed by atoms with Gasteiger partial charge in [0.2, 0.25) is 0 Å². The number of hydrogen-bond donors (Lipinski definition) is 3. The fourth-order valence-electron chi connectivity index (χ4n) is 4.78. The molecule has 15 heteroatoms. The molecule has 0 saturated heterocycles. The minimum Gasteiger partial charge on any atom is -0.480 e. The van der Waals surface area contributed by atoms with Crippen molar-refractivity contribution in [2.45, 2.75) is 47.7 Å². The number of carboxylic acid groups (broad SMARTS) is 1. The average molecular weight is 599 g/mol. The first-order valence-electron chi connectivity index (χ1n) is 13.3. The van der Waals surface area contributed by atoms with Gasteiger partial charge in [-0.2, -0.15) is 9.97 Å². The summed E-state index contributed by atoms with van der Waals surface area (Å²) in [7, 11) is 0. The molecule has 0 fully saturated rings. The van der Waals surface area contributed by atoms with E-state index in [0.29, 0.717) is 22.1 Å². The summed E-state index contributed by atoms with van der Waals surface area (Å²) in [6, 6.07) is 7.28. The Morgan fingerprint density at radius 2 is 1.05 bits per heavy atom. The molecule has 0 bridgehead atoms. The van der Waals surface area contributed by atoms with Crippen LogP contribution in [0, 0.1) is 27.7 Å². The zero-order valence-corrected chi connectivity index (χ0v) is 24.3. The molecule has 0 aliphatic carbocycles. The van der Waals surface area contributed by atoms with Gasteiger partial charge in [0.05, 0.1) is 28.6 Å². The van der Waals surface area contributed by atoms with Gasteiger partial charge in [-0.1, -0.05) is 0 Å². The topological polar surface area (TPSA) is 216 Å². The molecule has 4 aliphatic heterocycles. The second-order valence-electron chi connectivity index (χ2n) is 10.4. The van der Waals surface area contributed by atoms with Crippen LogP contribution in [-0.4, -0.2) is 55.9 Å². The van der Waals surface area contributed by atoms with Crippen LogP contribution in [0.1, 0.15) is 29.2 Å². The lowest BCUT2D eigenvalue weighted by Crippen LogP contribution is -2.29. The quantitative estimate of drug-likeness (QED) is 0.244. The van der Waals surface area contributed by atoms with Crippen LogP contribution in [0.3, 0.4) is 0 Å². The third-order valence-corrected chi connectivity index (χ3v) is 7.12. The lowest BCUT2D eigenvalue weighted by molar-refractivity contribution is -0.137. The van der Waals surface area contributed by atoms with Crippen LogP contribution in [0.4, 0.5) is 0 Å². The molecule has 2 aromatic rings. The normalized spacial score (nSPS) is 11.2. The molecule has 0 radical (unpaired) electrons. The van der Waals surface area contributed by atoms with Crippen molar-refractivity contribution in [1.29, 1.82) is 0 Å². The number of aryl methyl sites for hydroxylation is 4. The van der Waals surface area contributed by atoms with Crippen molar-refractivity contribution in [3.63, 3.8) is 0 Å². The van der Waals surface area contributed by atoms with E-state index in [0.717, 1.165) is 22.3 Å². The number of H-pyrrole nitrogens is 2. The van der Waals surface area contributed by atoms with Crippen molar-refractivity contribution in [2.24, 2.45) is 0 Å². The van der Waals surface area contributed by atoms with E-state index in [4.69, 9.17) is 5.11 Å². The largest absolute Gasteiger partial charge is 0.480 e. The fourth-order valence-corrected chi connectivity index (χ4v) is 4.78. The minimum atomic E-state index is -1.11. The molecule has 4 aliphatic rings. The number of carboxylic acids is 1. The Hall–Kier alpha value is -5.86. The number of nitrogens with zero attached hydrogens (tertiary/aromatic N) is 6. The van der Waals surface area contributed by atoms with E-state index < -0.39 is 35.0 Å². The summed E-state index contributed by atoms with van der Waals surface area (Å²) in [4.78, 5) is 89.8. The van der Waals surface area contributed by atoms with E-state index in [9.17, 15) is 28.8 Å². The summed E-state index contributed by atoms with van der Waals surface area (Å²) < 4.78 is 2.89. The van der Waals surface area contributed by atoms with Gasteiger partial charge in [-0.15, -0.1) is 0 Å². The number of ketones is 1. The van der Waals surface area contributed by atoms with Crippen molar-refractivity contribution in [2.75, 3.05) is 0 Å². The molecule has 224 valence electrons. The van der Waals surface area contributed by atoms with Gasteiger partial charge in [-0.25, -0.2) is 19.6 Å². The number of fused-ring (bicyclic) bond motifs is 4. The maximum absolute atomic E-state index is 12.0. The molecule has 15 nitrogen and oxygen atoms in total. The van der Waals surface area contributed by atoms with Gasteiger partial charge < -0.3 is 14.2 Å². The van der Waals surface area contributed by atoms with Gasteiger partial charge in [0, 0.05) is 0 Å². The van der Waals surface area contributed by atoms with Crippen LogP contribution in [0.25, 0.3) is 45.1 Å². The highest BCUT2D eigenvalue weighted by Crippen LogP contribution is 2.25. The van der Waals surface area contributed by atoms with Gasteiger partial charge in [0.15, 0.2) is 23.0 Å². The Kier molecular flexibility index (Phi) is 7.47. The monoisotopic (exact) mass is 598 g/mol. The van der Waals surface area contributed by atoms with Crippen molar-refractivity contribution in [1.82, 2.24) is 39.0 Å². The molecule has 4 heterocycles. The standard InChI is InChI=1S/C15H14N4O3.C14H12N4O4/c1-7-4-10-11(5-8(7)2)19(6-9(3)20)13-12(16-10)14(21)18-15(22)17-13;1-6-3-8-9(4-7(6)2)18(5-10(19)20)12-11(15-8)13(21)17-14(22)16-12/h4-5H,6H2,1-3H3,(H,18,21,22);3-4H,5H2,1-2H3,(H,19,20)(H,17,21,22). The first kappa shape index (κ1) is 29.6. The summed E-state index contributed by atoms with van der Waals surface area (Å²) in [5.74, 6) is -1.12. The first-order valence-corrected chi connectivity index (χ1v) is 13.3. The minimum absolute atomic E-state index is 0.0217. The molecule has 6 rings (SSSR count). The van der Waals surface area contributed by atoms with Crippen LogP contribution in [0.5, 0.6) is 0 Å². The Labute approximate surface area is 246 Å². The highest BCUT2D eigenvalue weighted by atomic mass is 16.4. The van der Waals surface area contributed by atoms with Gasteiger partial charge in [-0.05, 0) is 81.1 Å². The van der Waals surface area contributed by atoms with Crippen molar-refractivity contribution >= 4 is 33.8 Å². The number of carbonyl (C=O) groups is 2. The number of carbonyl (C=O) groups excluding carboxylic acids is 1. The SMILES string of the molecule is CC(=O)Cn1c2nc(=O)[nH]c(=O)c-2nc2cc(C)c(C)cc21.Cc1cc2nc3c(=O)[nH]c(=O)nc-3n(CC(=O)O)c2cc1C. The van der Waals surface area contributed by atoms with Gasteiger partial charge >= 0.3 is 17.3 Å². The molecule has 0 unspecified atom stereocenters. The van der Waals surface area contributed by atoms with Crippen LogP contribution in [-0.2, 0) is 22.7 Å². The van der Waals surface area contributed by atoms with E-state index >= 15 is 0 Å². The molecule has 44 heavy (non-hydrogen) atoms. The van der Waals surface area contributed by atoms with Crippen molar-refractivity contribution in [3.05, 3.63) is 88.2 Å². The first-order chi connectivity index (χ1) is 20.7. The van der Waals surface area contributed by atoms with E-state index in [2.05, 4.69) is 24.9 Å². The molecule has 0 aromatic heterocycles. The number of nitrogens with one attached hydrogen (secondary N) is 2. The Morgan fingerprint density at radius 3 is 1.43 bits per heavy atom. The summed E-state index contributed by atoms with van der Waals surface area (Å²) >= 11 is 0. The van der Waals surface area contributed by atoms with E-state index in [-0.39, 0.29) is 35.4 Å². The highest BCUT2D eigenvalue weighted by Gasteiger charge is 2.21. The van der Waals surface area contributed by atoms with Crippen LogP contribution in [0.2, 0.25) is 0 Å². The molecule has 3 N–H and O–H groups in total. The molecule has 0 spiro atoms. The number of benzene rings is 2. The smallest absolute Gasteiger partial charge is 0.349 e. The molecular weight excluding hydrogens is 572 g/mol. The fraction of sp³-hybridized carbons (Fsp3) is 0.241. The van der Waals surface area contributed by atoms with Gasteiger partial charge in [0.25, 0.3) is 11.1 Å². The zero-order valence-electron chi connectivity index (χ0n) is 24.3. The molecule has 0 atom stereocenters. The number of hydrogen-bond acceptors (Lipinski definition) is 10. The average Bonchev–Trinajstić information content (AvgIpc) is 2.92. The summed E-state index contributed by atoms with van der Waals surface area (Å²) in [5, 5.41) is 9.12. The maximum Gasteiger partial charge on any atom is 0.349 e. The zero-order chi connectivity index (χ0) is 32.0. The third-order valence-electron chi connectivity index (χ3n) is 7.12. The number of Topliss-reactive ketones (excluding diaryl/α,β-unsaturated/α-hetero) is 1. The second-order valence-corrected chi connectivity index (χ2v) is 10.4. The number of aromatic amines is 2. The Morgan fingerprint density at radius 1 is 0.659 bits per heavy atom. The maximum atomic E-state index is 12.0. The summed E-state index contributed by atoms with van der Waals surface area (Å²) in [5.41, 5.74) is 3.32. The van der Waals surface area contributed by atoms with E-state index in [1.807, 2.05) is 44.8 Å². The molecule has 0 saturated carbocycles. The third kappa shape index (κ3) is 5.49. The lowest BCUT2D eigenvalue weighted by atomic mass is 10.1. The lowest BCUT2D eigenvalue weighted by Gasteiger charge is -2.16. The number of aliphatic carboxylic acids is 1. The second kappa shape index (κ2) is 11.1. The van der Waals surface area contributed by atoms with Crippen LogP contribution in [0.15, 0.2) is 43.4 Å². The van der Waals surface area contributed by atoms with E-state index in [1.165, 1.54) is 11.5 Å². The van der Waals surface area contributed by atoms with Crippen molar-refractivity contribution in [3.8, 4) is 23.0 Å². The Balaban J connectivity index is 0.000000175. The Bertz CT molecular complexity index is 2170. The van der Waals surface area contributed by atoms with Gasteiger partial charge in [0.1, 0.15) is 12.3 Å². The predicted octanol–water partition coefficient (Wildman–Crippen LogP) is 1.08. The van der Waals surface area contributed by atoms with Crippen molar-refractivity contribution < 1.29 is 14.7 Å². The highest BCUT2D eigenvalue weighted by molar-refractivity contribution is 5.85. The summed E-state index contributed by atoms with van der Waals surface area (Å²) in [6.07, 6.45) is 0. The van der Waals surface area contributed by atoms with E-state index in [1.54, 1.807) is 16.7 Å². The number of rotatable bonds is 4. The molecular formula is C29H26N8O7. The van der Waals surface area contributed by atoms with Crippen LogP contribution >= 0.6 is 0 Å². The predicted molar refractivity (Wildman–Crippen MR) is 159 cm³/mol.